The van der Waals surface area contributed by atoms with Crippen molar-refractivity contribution in [3.8, 4) is 22.4 Å². The second-order valence-corrected chi connectivity index (χ2v) is 11.4. The van der Waals surface area contributed by atoms with Crippen LogP contribution in [0.1, 0.15) is 6.92 Å². The third-order valence-electron chi connectivity index (χ3n) is 6.05. The van der Waals surface area contributed by atoms with Gasteiger partial charge in [0.2, 0.25) is 9.92 Å². The Balaban J connectivity index is 1.91. The van der Waals surface area contributed by atoms with Crippen LogP contribution in [0.3, 0.4) is 0 Å². The number of benzene rings is 2. The third kappa shape index (κ3) is 5.02. The summed E-state index contributed by atoms with van der Waals surface area (Å²) in [5.41, 5.74) is 3.16. The van der Waals surface area contributed by atoms with E-state index in [-0.39, 0.29) is 28.3 Å². The summed E-state index contributed by atoms with van der Waals surface area (Å²) >= 11 is 0. The van der Waals surface area contributed by atoms with Gasteiger partial charge in [0.1, 0.15) is 23.6 Å². The molecule has 0 spiro atoms. The van der Waals surface area contributed by atoms with Gasteiger partial charge in [0.15, 0.2) is 0 Å². The van der Waals surface area contributed by atoms with E-state index >= 15 is 4.39 Å². The molecule has 1 atom stereocenters. The number of aromatic nitrogens is 3. The molecule has 4 aromatic rings. The van der Waals surface area contributed by atoms with Crippen LogP contribution in [0.4, 0.5) is 34.8 Å². The van der Waals surface area contributed by atoms with Crippen molar-refractivity contribution in [1.29, 1.82) is 0 Å². The Hall–Kier alpha value is -4.30. The van der Waals surface area contributed by atoms with Crippen molar-refractivity contribution in [1.82, 2.24) is 18.8 Å². The number of fused-ring (bicyclic) bond motifs is 1. The summed E-state index contributed by atoms with van der Waals surface area (Å²) in [4.78, 5) is 20.3. The smallest absolute Gasteiger partial charge is 0.383 e. The highest BCUT2D eigenvalue weighted by atomic mass is 32.2. The lowest BCUT2D eigenvalue weighted by molar-refractivity contribution is -0.112. The molecule has 0 fully saturated rings. The summed E-state index contributed by atoms with van der Waals surface area (Å²) in [5.74, 6) is -1.02. The molecule has 0 aliphatic carbocycles. The second-order valence-electron chi connectivity index (χ2n) is 9.06. The maximum atomic E-state index is 15.5. The zero-order valence-electron chi connectivity index (χ0n) is 21.9. The summed E-state index contributed by atoms with van der Waals surface area (Å²) in [6.07, 6.45) is 1.26. The number of amides is 1. The normalized spacial score (nSPS) is 13.3. The number of alkyl halides is 3. The molecule has 210 valence electrons. The Kier molecular flexibility index (Phi) is 7.43. The third-order valence-corrected chi connectivity index (χ3v) is 8.10. The number of aryl methyl sites for hydroxylation is 1. The van der Waals surface area contributed by atoms with Crippen molar-refractivity contribution in [3.63, 3.8) is 0 Å². The van der Waals surface area contributed by atoms with Crippen LogP contribution < -0.4 is 11.1 Å². The number of carbonyl (C=O) groups excluding carboxylic acids is 1. The molecule has 2 heterocycles. The Morgan fingerprint density at radius 1 is 1.15 bits per heavy atom. The largest absolute Gasteiger partial charge is 0.493 e. The minimum atomic E-state index is -5.09. The Labute approximate surface area is 227 Å². The van der Waals surface area contributed by atoms with Gasteiger partial charge in [0, 0.05) is 43.5 Å². The molecule has 1 unspecified atom stereocenters. The summed E-state index contributed by atoms with van der Waals surface area (Å²) in [5, 5.41) is 2.95. The lowest BCUT2D eigenvalue weighted by Gasteiger charge is -2.19. The monoisotopic (exact) mass is 575 g/mol. The first-order valence-corrected chi connectivity index (χ1v) is 13.1. The molecule has 0 radical (unpaired) electrons. The molecule has 14 heteroatoms. The number of nitrogens with one attached hydrogen (secondary N) is 1. The molecule has 4 rings (SSSR count). The molecular formula is C26H25F4N7O2S. The number of rotatable bonds is 6. The maximum absolute atomic E-state index is 15.5. The average Bonchev–Trinajstić information content (AvgIpc) is 3.17. The first-order valence-electron chi connectivity index (χ1n) is 11.6. The highest BCUT2D eigenvalue weighted by Crippen LogP contribution is 2.43. The standard InChI is InChI=1S/C26H25F4N7O2S/c1-14(2)25(38)34-17-10-11-18(19(27)12-17)22-20(21-23(31)32-13-33-24(21)37(22)5)15-6-8-16(9-7-15)35-40(39,36(3)4)26(28,29)30/h6-13H,1H2,2-5H3,(H,34,38)(H2,31,32,33). The average molecular weight is 576 g/mol. The van der Waals surface area contributed by atoms with E-state index < -0.39 is 27.1 Å². The van der Waals surface area contributed by atoms with Gasteiger partial charge in [-0.2, -0.15) is 17.5 Å². The number of halogens is 4. The molecular weight excluding hydrogens is 550 g/mol. The van der Waals surface area contributed by atoms with Crippen LogP contribution in [0.15, 0.2) is 65.3 Å². The molecule has 1 amide bonds. The molecule has 0 bridgehead atoms. The van der Waals surface area contributed by atoms with E-state index in [0.717, 1.165) is 20.2 Å². The number of carbonyl (C=O) groups is 1. The van der Waals surface area contributed by atoms with Crippen LogP contribution in [0, 0.1) is 5.82 Å². The molecule has 9 nitrogen and oxygen atoms in total. The van der Waals surface area contributed by atoms with Crippen LogP contribution in [-0.2, 0) is 21.8 Å². The van der Waals surface area contributed by atoms with Crippen LogP contribution >= 0.6 is 0 Å². The summed E-state index contributed by atoms with van der Waals surface area (Å²) in [7, 11) is -1.02. The van der Waals surface area contributed by atoms with E-state index in [1.807, 2.05) is 0 Å². The zero-order valence-corrected chi connectivity index (χ0v) is 22.7. The lowest BCUT2D eigenvalue weighted by Crippen LogP contribution is -2.35. The van der Waals surface area contributed by atoms with Gasteiger partial charge in [-0.1, -0.05) is 18.7 Å². The molecule has 3 N–H and O–H groups in total. The van der Waals surface area contributed by atoms with Crippen molar-refractivity contribution in [2.45, 2.75) is 12.4 Å². The minimum Gasteiger partial charge on any atom is -0.383 e. The SMILES string of the molecule is C=C(C)C(=O)Nc1ccc(-c2c(-c3ccc(N=S(=O)(N(C)C)C(F)(F)F)cc3)c3c(N)ncnc3n2C)c(F)c1. The van der Waals surface area contributed by atoms with Crippen molar-refractivity contribution < 1.29 is 26.6 Å². The van der Waals surface area contributed by atoms with E-state index in [9.17, 15) is 22.2 Å². The molecule has 0 saturated heterocycles. The molecule has 0 saturated carbocycles. The van der Waals surface area contributed by atoms with Gasteiger partial charge in [0.05, 0.1) is 16.8 Å². The highest BCUT2D eigenvalue weighted by Gasteiger charge is 2.45. The minimum absolute atomic E-state index is 0.106. The van der Waals surface area contributed by atoms with Gasteiger partial charge < -0.3 is 15.6 Å². The van der Waals surface area contributed by atoms with E-state index in [4.69, 9.17) is 5.73 Å². The number of nitrogen functional groups attached to an aromatic ring is 1. The van der Waals surface area contributed by atoms with Crippen molar-refractivity contribution in [3.05, 3.63) is 66.8 Å². The van der Waals surface area contributed by atoms with Gasteiger partial charge in [-0.15, -0.1) is 0 Å². The number of anilines is 2. The van der Waals surface area contributed by atoms with Gasteiger partial charge >= 0.3 is 5.51 Å². The predicted molar refractivity (Wildman–Crippen MR) is 147 cm³/mol. The number of nitrogens with zero attached hydrogens (tertiary/aromatic N) is 5. The van der Waals surface area contributed by atoms with E-state index in [0.29, 0.717) is 32.2 Å². The van der Waals surface area contributed by atoms with Crippen molar-refractivity contribution >= 4 is 44.0 Å². The predicted octanol–water partition coefficient (Wildman–Crippen LogP) is 5.63. The molecule has 0 aliphatic rings. The zero-order chi connectivity index (χ0) is 29.6. The van der Waals surface area contributed by atoms with E-state index in [1.54, 1.807) is 11.6 Å². The summed E-state index contributed by atoms with van der Waals surface area (Å²) in [6, 6.07) is 9.64. The van der Waals surface area contributed by atoms with Crippen molar-refractivity contribution in [2.24, 2.45) is 11.4 Å². The first kappa shape index (κ1) is 28.7. The fourth-order valence-electron chi connectivity index (χ4n) is 4.07. The fourth-order valence-corrected chi connectivity index (χ4v) is 5.16. The topological polar surface area (TPSA) is 118 Å². The Bertz CT molecular complexity index is 1770. The van der Waals surface area contributed by atoms with Gasteiger partial charge in [-0.3, -0.25) is 4.79 Å². The molecule has 2 aromatic carbocycles. The molecule has 40 heavy (non-hydrogen) atoms. The van der Waals surface area contributed by atoms with E-state index in [1.165, 1.54) is 49.6 Å². The van der Waals surface area contributed by atoms with Gasteiger partial charge in [0.25, 0.3) is 5.91 Å². The van der Waals surface area contributed by atoms with Gasteiger partial charge in [-0.25, -0.2) is 22.9 Å². The Morgan fingerprint density at radius 3 is 2.35 bits per heavy atom. The van der Waals surface area contributed by atoms with E-state index in [2.05, 4.69) is 26.2 Å². The van der Waals surface area contributed by atoms with Crippen LogP contribution in [-0.4, -0.2) is 48.6 Å². The second kappa shape index (κ2) is 10.4. The highest BCUT2D eigenvalue weighted by molar-refractivity contribution is 7.92. The lowest BCUT2D eigenvalue weighted by atomic mass is 9.98. The quantitative estimate of drug-likeness (QED) is 0.228. The van der Waals surface area contributed by atoms with Crippen LogP contribution in [0.25, 0.3) is 33.4 Å². The summed E-state index contributed by atoms with van der Waals surface area (Å²) in [6.45, 7) is 5.08. The molecule has 2 aromatic heterocycles. The van der Waals surface area contributed by atoms with Crippen LogP contribution in [0.5, 0.6) is 0 Å². The molecule has 0 aliphatic heterocycles. The van der Waals surface area contributed by atoms with Crippen molar-refractivity contribution in [2.75, 3.05) is 25.1 Å². The number of hydrogen-bond donors (Lipinski definition) is 2. The first-order chi connectivity index (χ1) is 18.7. The number of nitrogens with two attached hydrogens (primary N) is 1. The fraction of sp³-hybridized carbons (Fsp3) is 0.192. The Morgan fingerprint density at radius 2 is 1.80 bits per heavy atom. The number of hydrogen-bond acceptors (Lipinski definition) is 6. The maximum Gasteiger partial charge on any atom is 0.493 e. The van der Waals surface area contributed by atoms with Gasteiger partial charge in [-0.05, 0) is 42.8 Å². The summed E-state index contributed by atoms with van der Waals surface area (Å²) < 4.78 is 74.3. The van der Waals surface area contributed by atoms with Crippen LogP contribution in [0.2, 0.25) is 0 Å².